The lowest BCUT2D eigenvalue weighted by Gasteiger charge is -2.09. The minimum Gasteiger partial charge on any atom is -0.497 e. The summed E-state index contributed by atoms with van der Waals surface area (Å²) in [5.41, 5.74) is 0.698. The number of nitro groups is 1. The molecule has 0 aromatic heterocycles. The fraction of sp³-hybridized carbons (Fsp3) is 0.145. The van der Waals surface area contributed by atoms with Crippen LogP contribution in [0.1, 0.15) is 58.7 Å². The third-order valence-corrected chi connectivity index (χ3v) is 8.72. The van der Waals surface area contributed by atoms with Crippen molar-refractivity contribution in [3.63, 3.8) is 0 Å². The van der Waals surface area contributed by atoms with Crippen LogP contribution < -0.4 is 28.4 Å². The Kier molecular flexibility index (Phi) is 30.2. The van der Waals surface area contributed by atoms with Gasteiger partial charge >= 0.3 is 23.9 Å². The summed E-state index contributed by atoms with van der Waals surface area (Å²) in [5.74, 6) is -1.35. The van der Waals surface area contributed by atoms with Gasteiger partial charge in [0.15, 0.2) is 5.78 Å². The Labute approximate surface area is 433 Å². The number of benzene rings is 5. The molecule has 0 amide bonds. The lowest BCUT2D eigenvalue weighted by Crippen LogP contribution is -2.08. The highest BCUT2D eigenvalue weighted by Crippen LogP contribution is 2.27. The summed E-state index contributed by atoms with van der Waals surface area (Å²) in [6.45, 7) is 24.0. The molecular weight excluding hydrogens is 982 g/mol. The summed E-state index contributed by atoms with van der Waals surface area (Å²) in [5, 5.41) is 37.3. The number of carboxylic acids is 3. The number of hydrogen-bond donors (Lipinski definition) is 3. The van der Waals surface area contributed by atoms with E-state index in [1.54, 1.807) is 86.0 Å². The smallest absolute Gasteiger partial charge is 0.342 e. The molecule has 0 aliphatic heterocycles. The number of para-hydroxylation sites is 2. The molecule has 5 aromatic rings. The topological polar surface area (TPSA) is 254 Å². The minimum absolute atomic E-state index is 0.0308. The van der Waals surface area contributed by atoms with Crippen LogP contribution in [0.25, 0.3) is 0 Å². The van der Waals surface area contributed by atoms with Crippen molar-refractivity contribution >= 4 is 46.9 Å². The molecule has 5 aromatic carbocycles. The van der Waals surface area contributed by atoms with Gasteiger partial charge in [-0.15, -0.1) is 0 Å². The fourth-order valence-corrected chi connectivity index (χ4v) is 5.41. The summed E-state index contributed by atoms with van der Waals surface area (Å²) in [6.07, 6.45) is 9.32. The molecule has 0 saturated heterocycles. The Morgan fingerprint density at radius 3 is 1.36 bits per heavy atom. The monoisotopic (exact) mass is 1040 g/mol. The first-order valence-corrected chi connectivity index (χ1v) is 21.9. The quantitative estimate of drug-likeness (QED) is 0.0171. The van der Waals surface area contributed by atoms with Crippen LogP contribution in [-0.4, -0.2) is 96.7 Å². The van der Waals surface area contributed by atoms with Crippen LogP contribution in [0, 0.1) is 10.1 Å². The molecule has 3 N–H and O–H groups in total. The molecule has 0 fully saturated rings. The predicted molar refractivity (Wildman–Crippen MR) is 280 cm³/mol. The highest BCUT2D eigenvalue weighted by atomic mass is 35.5. The SMILES string of the molecule is C=CCOC(=O)c1ccccc1OCC=C.C=CCOc1cc(Cl)ccc1C(=O)O.C=CCOc1cc(OC)ccc1C(C)=O.C=CCOc1ccc([N+](=O)[O-])cc1C(=O)O.C=CCOc1ccccc1C(=O)O. The van der Waals surface area contributed by atoms with Crippen molar-refractivity contribution in [2.75, 3.05) is 46.8 Å². The lowest BCUT2D eigenvalue weighted by molar-refractivity contribution is -0.384. The molecule has 0 aliphatic carbocycles. The molecule has 0 bridgehead atoms. The number of methoxy groups -OCH3 is 1. The predicted octanol–water partition coefficient (Wildman–Crippen LogP) is 11.5. The van der Waals surface area contributed by atoms with E-state index in [0.717, 1.165) is 6.07 Å². The molecule has 0 radical (unpaired) electrons. The van der Waals surface area contributed by atoms with Gasteiger partial charge in [-0.25, -0.2) is 19.2 Å². The van der Waals surface area contributed by atoms with E-state index in [4.69, 9.17) is 60.1 Å². The number of nitrogens with zero attached hydrogens (tertiary/aromatic N) is 1. The highest BCUT2D eigenvalue weighted by Gasteiger charge is 2.17. The number of carboxylic acid groups (broad SMARTS) is 3. The molecule has 19 heteroatoms. The summed E-state index contributed by atoms with van der Waals surface area (Å²) >= 11 is 5.70. The van der Waals surface area contributed by atoms with Gasteiger partial charge in [0.05, 0.1) is 17.6 Å². The maximum atomic E-state index is 11.6. The van der Waals surface area contributed by atoms with Crippen LogP contribution in [-0.2, 0) is 4.74 Å². The van der Waals surface area contributed by atoms with Crippen molar-refractivity contribution in [2.45, 2.75) is 6.92 Å². The van der Waals surface area contributed by atoms with Crippen molar-refractivity contribution in [1.82, 2.24) is 0 Å². The Balaban J connectivity index is 0.000000463. The van der Waals surface area contributed by atoms with Crippen molar-refractivity contribution in [3.05, 3.63) is 222 Å². The van der Waals surface area contributed by atoms with Crippen molar-refractivity contribution < 1.29 is 77.4 Å². The molecule has 0 unspecified atom stereocenters. The number of esters is 1. The van der Waals surface area contributed by atoms with Crippen LogP contribution in [0.5, 0.6) is 34.5 Å². The number of rotatable bonds is 24. The number of Topliss-reactive ketones (excluding diaryl/α,β-unsaturated/α-hetero) is 1. The molecule has 0 aliphatic rings. The average Bonchev–Trinajstić information content (AvgIpc) is 3.39. The highest BCUT2D eigenvalue weighted by molar-refractivity contribution is 6.30. The number of hydrogen-bond acceptors (Lipinski definition) is 14. The maximum Gasteiger partial charge on any atom is 0.342 e. The van der Waals surface area contributed by atoms with E-state index in [9.17, 15) is 34.1 Å². The number of carbonyl (C=O) groups is 5. The molecule has 74 heavy (non-hydrogen) atoms. The number of carbonyl (C=O) groups excluding carboxylic acids is 2. The Hall–Kier alpha value is -9.42. The first kappa shape index (κ1) is 62.6. The van der Waals surface area contributed by atoms with E-state index in [-0.39, 0.29) is 59.5 Å². The zero-order chi connectivity index (χ0) is 55.4. The van der Waals surface area contributed by atoms with Gasteiger partial charge < -0.3 is 48.5 Å². The Morgan fingerprint density at radius 1 is 0.514 bits per heavy atom. The summed E-state index contributed by atoms with van der Waals surface area (Å²) in [4.78, 5) is 64.9. The second-order valence-corrected chi connectivity index (χ2v) is 14.2. The molecular formula is C55H56ClNO17. The number of ketones is 1. The van der Waals surface area contributed by atoms with Gasteiger partial charge in [-0.2, -0.15) is 0 Å². The van der Waals surface area contributed by atoms with Crippen LogP contribution >= 0.6 is 11.6 Å². The van der Waals surface area contributed by atoms with Gasteiger partial charge in [0.25, 0.3) is 5.69 Å². The largest absolute Gasteiger partial charge is 0.497 e. The summed E-state index contributed by atoms with van der Waals surface area (Å²) in [7, 11) is 1.57. The normalized spacial score (nSPS) is 9.39. The zero-order valence-electron chi connectivity index (χ0n) is 40.6. The minimum atomic E-state index is -1.28. The van der Waals surface area contributed by atoms with Crippen LogP contribution in [0.2, 0.25) is 5.02 Å². The average molecular weight is 1040 g/mol. The molecule has 390 valence electrons. The Morgan fingerprint density at radius 2 is 0.919 bits per heavy atom. The molecule has 0 spiro atoms. The third-order valence-electron chi connectivity index (χ3n) is 8.49. The molecule has 5 rings (SSSR count). The first-order chi connectivity index (χ1) is 35.4. The summed E-state index contributed by atoms with van der Waals surface area (Å²) in [6, 6.07) is 26.3. The fourth-order valence-electron chi connectivity index (χ4n) is 5.24. The van der Waals surface area contributed by atoms with Gasteiger partial charge in [0.2, 0.25) is 0 Å². The molecule has 0 atom stereocenters. The van der Waals surface area contributed by atoms with Crippen molar-refractivity contribution in [3.8, 4) is 34.5 Å². The second-order valence-electron chi connectivity index (χ2n) is 13.8. The molecule has 0 heterocycles. The number of aromatic carboxylic acids is 3. The van der Waals surface area contributed by atoms with E-state index in [0.29, 0.717) is 59.0 Å². The van der Waals surface area contributed by atoms with E-state index in [2.05, 4.69) is 39.5 Å². The number of halogens is 1. The molecule has 0 saturated carbocycles. The van der Waals surface area contributed by atoms with Crippen LogP contribution in [0.4, 0.5) is 5.69 Å². The zero-order valence-corrected chi connectivity index (χ0v) is 41.4. The van der Waals surface area contributed by atoms with Gasteiger partial charge in [0.1, 0.15) is 96.4 Å². The van der Waals surface area contributed by atoms with Gasteiger partial charge in [-0.05, 0) is 67.6 Å². The number of nitro benzene ring substituents is 1. The number of non-ortho nitro benzene ring substituents is 1. The maximum absolute atomic E-state index is 11.6. The standard InChI is InChI=1S/C13H14O3.C12H14O3.C10H9ClO3.C10H9NO5.C10H10O3/c1-3-9-15-12-8-6-5-7-11(12)13(14)16-10-4-2;1-4-7-15-12-8-10(14-3)5-6-11(12)9(2)13;1-2-5-14-9-6-7(11)3-4-8(9)10(12)13;1-2-5-16-9-4-3-7(11(14)15)6-8(9)10(12)13;1-2-7-13-9-6-4-3-5-8(9)10(11)12/h3-8H,1-2,9-10H2;4-6,8H,1,7H2,2-3H3;2-4,6H,1,5H2,(H,12,13);2-4,6H,1,5H2,(H,12,13);2-6H,1,7H2,(H,11,12). The van der Waals surface area contributed by atoms with Crippen LogP contribution in [0.3, 0.4) is 0 Å². The van der Waals surface area contributed by atoms with E-state index in [1.807, 2.05) is 0 Å². The van der Waals surface area contributed by atoms with Crippen LogP contribution in [0.15, 0.2) is 179 Å². The second kappa shape index (κ2) is 35.6. The lowest BCUT2D eigenvalue weighted by atomic mass is 10.1. The first-order valence-electron chi connectivity index (χ1n) is 21.6. The number of ether oxygens (including phenoxy) is 7. The van der Waals surface area contributed by atoms with E-state index < -0.39 is 28.8 Å². The van der Waals surface area contributed by atoms with Crippen molar-refractivity contribution in [2.24, 2.45) is 0 Å². The Bertz CT molecular complexity index is 2730. The molecule has 18 nitrogen and oxygen atoms in total. The van der Waals surface area contributed by atoms with Gasteiger partial charge in [0, 0.05) is 23.2 Å². The van der Waals surface area contributed by atoms with Gasteiger partial charge in [-0.1, -0.05) is 112 Å². The summed E-state index contributed by atoms with van der Waals surface area (Å²) < 4.78 is 36.1. The van der Waals surface area contributed by atoms with Gasteiger partial charge in [-0.3, -0.25) is 14.9 Å². The van der Waals surface area contributed by atoms with E-state index >= 15 is 0 Å². The van der Waals surface area contributed by atoms with Crippen molar-refractivity contribution in [1.29, 1.82) is 0 Å². The third kappa shape index (κ3) is 23.0. The van der Waals surface area contributed by atoms with E-state index in [1.165, 1.54) is 61.5 Å².